The Morgan fingerprint density at radius 3 is 2.43 bits per heavy atom. The first-order chi connectivity index (χ1) is 11.2. The first-order valence-electron chi connectivity index (χ1n) is 10.4. The first kappa shape index (κ1) is 17.7. The molecule has 1 heterocycles. The van der Waals surface area contributed by atoms with Crippen LogP contribution in [0.5, 0.6) is 0 Å². The molecule has 3 fully saturated rings. The molecule has 3 nitrogen and oxygen atoms in total. The molecule has 0 amide bonds. The maximum atomic E-state index is 10.1. The van der Waals surface area contributed by atoms with Crippen LogP contribution in [0, 0.1) is 11.8 Å². The zero-order valence-electron chi connectivity index (χ0n) is 15.2. The summed E-state index contributed by atoms with van der Waals surface area (Å²) in [6, 6.07) is 1.50. The highest BCUT2D eigenvalue weighted by atomic mass is 16.3. The van der Waals surface area contributed by atoms with Gasteiger partial charge in [-0.05, 0) is 63.3 Å². The van der Waals surface area contributed by atoms with E-state index in [0.717, 1.165) is 24.8 Å². The maximum absolute atomic E-state index is 10.1. The lowest BCUT2D eigenvalue weighted by molar-refractivity contribution is 0.0361. The summed E-state index contributed by atoms with van der Waals surface area (Å²) < 4.78 is 0. The minimum atomic E-state index is -0.0969. The van der Waals surface area contributed by atoms with Crippen LogP contribution in [0.15, 0.2) is 0 Å². The molecule has 3 rings (SSSR count). The van der Waals surface area contributed by atoms with Gasteiger partial charge in [0.05, 0.1) is 6.10 Å². The van der Waals surface area contributed by atoms with E-state index in [2.05, 4.69) is 17.1 Å². The van der Waals surface area contributed by atoms with Crippen molar-refractivity contribution < 1.29 is 5.11 Å². The van der Waals surface area contributed by atoms with Gasteiger partial charge >= 0.3 is 0 Å². The SMILES string of the molecule is CCC(O)CC1CC(NCC2CCCCC2)CN(C2CCC2)C1. The summed E-state index contributed by atoms with van der Waals surface area (Å²) in [6.07, 6.45) is 14.5. The maximum Gasteiger partial charge on any atom is 0.0540 e. The minimum Gasteiger partial charge on any atom is -0.393 e. The predicted octanol–water partition coefficient (Wildman–Crippen LogP) is 3.56. The van der Waals surface area contributed by atoms with E-state index in [1.807, 2.05) is 0 Å². The molecule has 0 radical (unpaired) electrons. The van der Waals surface area contributed by atoms with Gasteiger partial charge in [0.2, 0.25) is 0 Å². The molecule has 3 unspecified atom stereocenters. The standard InChI is InChI=1S/C20H38N2O/c1-2-20(23)12-17-11-18(15-22(14-17)19-9-6-10-19)21-13-16-7-4-3-5-8-16/h16-21,23H,2-15H2,1H3. The quantitative estimate of drug-likeness (QED) is 0.752. The van der Waals surface area contributed by atoms with Crippen molar-refractivity contribution in [3.63, 3.8) is 0 Å². The van der Waals surface area contributed by atoms with Crippen molar-refractivity contribution in [2.24, 2.45) is 11.8 Å². The number of piperidine rings is 1. The van der Waals surface area contributed by atoms with Gasteiger partial charge in [0.25, 0.3) is 0 Å². The lowest BCUT2D eigenvalue weighted by Crippen LogP contribution is -2.55. The topological polar surface area (TPSA) is 35.5 Å². The van der Waals surface area contributed by atoms with E-state index in [9.17, 15) is 5.11 Å². The largest absolute Gasteiger partial charge is 0.393 e. The number of rotatable bonds is 7. The molecule has 0 aromatic rings. The van der Waals surface area contributed by atoms with E-state index in [-0.39, 0.29) is 6.10 Å². The fourth-order valence-corrected chi connectivity index (χ4v) is 4.89. The molecule has 2 saturated carbocycles. The second-order valence-corrected chi connectivity index (χ2v) is 8.55. The van der Waals surface area contributed by atoms with Crippen molar-refractivity contribution >= 4 is 0 Å². The van der Waals surface area contributed by atoms with Gasteiger partial charge in [-0.1, -0.05) is 32.6 Å². The molecule has 2 N–H and O–H groups in total. The van der Waals surface area contributed by atoms with E-state index in [4.69, 9.17) is 0 Å². The molecule has 2 aliphatic carbocycles. The van der Waals surface area contributed by atoms with Crippen LogP contribution in [0.3, 0.4) is 0 Å². The fraction of sp³-hybridized carbons (Fsp3) is 1.00. The molecule has 0 spiro atoms. The first-order valence-corrected chi connectivity index (χ1v) is 10.4. The summed E-state index contributed by atoms with van der Waals surface area (Å²) >= 11 is 0. The van der Waals surface area contributed by atoms with Gasteiger partial charge in [0.1, 0.15) is 0 Å². The summed E-state index contributed by atoms with van der Waals surface area (Å²) in [5, 5.41) is 14.0. The van der Waals surface area contributed by atoms with Gasteiger partial charge in [0.15, 0.2) is 0 Å². The smallest absolute Gasteiger partial charge is 0.0540 e. The van der Waals surface area contributed by atoms with E-state index >= 15 is 0 Å². The molecular formula is C20H38N2O. The summed E-state index contributed by atoms with van der Waals surface area (Å²) in [7, 11) is 0. The van der Waals surface area contributed by atoms with E-state index in [0.29, 0.717) is 12.0 Å². The minimum absolute atomic E-state index is 0.0969. The molecule has 3 heteroatoms. The average molecular weight is 323 g/mol. The second-order valence-electron chi connectivity index (χ2n) is 8.55. The molecule has 0 aromatic carbocycles. The highest BCUT2D eigenvalue weighted by Crippen LogP contribution is 2.31. The highest BCUT2D eigenvalue weighted by molar-refractivity contribution is 4.91. The molecular weight excluding hydrogens is 284 g/mol. The number of hydrogen-bond donors (Lipinski definition) is 2. The normalized spacial score (nSPS) is 32.6. The Morgan fingerprint density at radius 2 is 1.78 bits per heavy atom. The fourth-order valence-electron chi connectivity index (χ4n) is 4.89. The number of aliphatic hydroxyl groups excluding tert-OH is 1. The monoisotopic (exact) mass is 322 g/mol. The summed E-state index contributed by atoms with van der Waals surface area (Å²) in [6.45, 7) is 5.81. The third-order valence-electron chi connectivity index (χ3n) is 6.65. The van der Waals surface area contributed by atoms with Crippen LogP contribution in [0.1, 0.15) is 77.6 Å². The van der Waals surface area contributed by atoms with Crippen molar-refractivity contribution in [1.29, 1.82) is 0 Å². The zero-order valence-corrected chi connectivity index (χ0v) is 15.2. The van der Waals surface area contributed by atoms with Crippen molar-refractivity contribution in [3.8, 4) is 0 Å². The zero-order chi connectivity index (χ0) is 16.1. The lowest BCUT2D eigenvalue weighted by Gasteiger charge is -2.46. The molecule has 23 heavy (non-hydrogen) atoms. The molecule has 1 saturated heterocycles. The Kier molecular flexibility index (Phi) is 6.79. The lowest BCUT2D eigenvalue weighted by atomic mass is 9.83. The van der Waals surface area contributed by atoms with Crippen LogP contribution in [-0.4, -0.2) is 47.8 Å². The Bertz CT molecular complexity index is 339. The number of hydrogen-bond acceptors (Lipinski definition) is 3. The number of nitrogens with one attached hydrogen (secondary N) is 1. The van der Waals surface area contributed by atoms with Crippen LogP contribution < -0.4 is 5.32 Å². The number of aliphatic hydroxyl groups is 1. The van der Waals surface area contributed by atoms with Crippen LogP contribution in [0.25, 0.3) is 0 Å². The van der Waals surface area contributed by atoms with Gasteiger partial charge in [0, 0.05) is 25.2 Å². The molecule has 1 aliphatic heterocycles. The van der Waals surface area contributed by atoms with Gasteiger partial charge in [-0.3, -0.25) is 4.90 Å². The van der Waals surface area contributed by atoms with Crippen molar-refractivity contribution in [3.05, 3.63) is 0 Å². The highest BCUT2D eigenvalue weighted by Gasteiger charge is 2.34. The second kappa shape index (κ2) is 8.82. The van der Waals surface area contributed by atoms with Gasteiger partial charge in [-0.2, -0.15) is 0 Å². The Hall–Kier alpha value is -0.120. The molecule has 3 aliphatic rings. The third-order valence-corrected chi connectivity index (χ3v) is 6.65. The Morgan fingerprint density at radius 1 is 1.00 bits per heavy atom. The molecule has 0 bridgehead atoms. The third kappa shape index (κ3) is 5.17. The molecule has 3 atom stereocenters. The van der Waals surface area contributed by atoms with Crippen molar-refractivity contribution in [2.45, 2.75) is 95.7 Å². The summed E-state index contributed by atoms with van der Waals surface area (Å²) in [5.41, 5.74) is 0. The van der Waals surface area contributed by atoms with Gasteiger partial charge in [-0.15, -0.1) is 0 Å². The molecule has 0 aromatic heterocycles. The molecule has 134 valence electrons. The average Bonchev–Trinajstić information content (AvgIpc) is 2.52. The van der Waals surface area contributed by atoms with E-state index in [1.54, 1.807) is 0 Å². The summed E-state index contributed by atoms with van der Waals surface area (Å²) in [4.78, 5) is 2.75. The predicted molar refractivity (Wildman–Crippen MR) is 96.6 cm³/mol. The summed E-state index contributed by atoms with van der Waals surface area (Å²) in [5.74, 6) is 1.60. The van der Waals surface area contributed by atoms with Crippen LogP contribution in [0.2, 0.25) is 0 Å². The van der Waals surface area contributed by atoms with Crippen LogP contribution in [0.4, 0.5) is 0 Å². The van der Waals surface area contributed by atoms with E-state index in [1.165, 1.54) is 77.4 Å². The van der Waals surface area contributed by atoms with E-state index < -0.39 is 0 Å². The number of likely N-dealkylation sites (tertiary alicyclic amines) is 1. The van der Waals surface area contributed by atoms with Gasteiger partial charge < -0.3 is 10.4 Å². The Balaban J connectivity index is 1.49. The van der Waals surface area contributed by atoms with Crippen LogP contribution in [-0.2, 0) is 0 Å². The van der Waals surface area contributed by atoms with Crippen molar-refractivity contribution in [1.82, 2.24) is 10.2 Å². The number of nitrogens with zero attached hydrogens (tertiary/aromatic N) is 1. The van der Waals surface area contributed by atoms with Crippen LogP contribution >= 0.6 is 0 Å². The Labute approximate surface area is 143 Å². The van der Waals surface area contributed by atoms with Crippen molar-refractivity contribution in [2.75, 3.05) is 19.6 Å². The van der Waals surface area contributed by atoms with Gasteiger partial charge in [-0.25, -0.2) is 0 Å².